The zero-order valence-corrected chi connectivity index (χ0v) is 12.9. The molecule has 0 unspecified atom stereocenters. The lowest BCUT2D eigenvalue weighted by Gasteiger charge is -2.13. The van der Waals surface area contributed by atoms with Gasteiger partial charge in [-0.15, -0.1) is 0 Å². The fourth-order valence-corrected chi connectivity index (χ4v) is 2.09. The molecule has 0 spiro atoms. The van der Waals surface area contributed by atoms with Crippen molar-refractivity contribution in [1.29, 1.82) is 0 Å². The minimum atomic E-state index is -4.99. The third kappa shape index (κ3) is 4.73. The van der Waals surface area contributed by atoms with Crippen molar-refractivity contribution >= 4 is 29.1 Å². The Morgan fingerprint density at radius 1 is 1.04 bits per heavy atom. The molecule has 0 saturated carbocycles. The fourth-order valence-electron chi connectivity index (χ4n) is 1.90. The quantitative estimate of drug-likeness (QED) is 0.876. The lowest BCUT2D eigenvalue weighted by Crippen LogP contribution is -2.31. The van der Waals surface area contributed by atoms with Crippen LogP contribution < -0.4 is 10.6 Å². The number of nitrogens with one attached hydrogen (secondary N) is 2. The van der Waals surface area contributed by atoms with Crippen LogP contribution in [0.5, 0.6) is 0 Å². The summed E-state index contributed by atoms with van der Waals surface area (Å²) in [6.07, 6.45) is -4.99. The molecule has 0 atom stereocenters. The first kappa shape index (κ1) is 17.8. The van der Waals surface area contributed by atoms with E-state index in [-0.39, 0.29) is 12.2 Å². The van der Waals surface area contributed by atoms with E-state index in [9.17, 15) is 22.8 Å². The van der Waals surface area contributed by atoms with Gasteiger partial charge in [-0.3, -0.25) is 9.59 Å². The van der Waals surface area contributed by atoms with Crippen LogP contribution in [-0.4, -0.2) is 18.0 Å². The zero-order valence-electron chi connectivity index (χ0n) is 12.2. The molecule has 0 aromatic heterocycles. The van der Waals surface area contributed by atoms with Crippen molar-refractivity contribution < 1.29 is 22.8 Å². The van der Waals surface area contributed by atoms with Gasteiger partial charge in [0.2, 0.25) is 0 Å². The van der Waals surface area contributed by atoms with Crippen LogP contribution >= 0.6 is 11.6 Å². The number of alkyl halides is 3. The number of amides is 2. The van der Waals surface area contributed by atoms with Crippen LogP contribution in [0.3, 0.4) is 0 Å². The topological polar surface area (TPSA) is 58.2 Å². The Kier molecular flexibility index (Phi) is 5.46. The molecule has 0 saturated heterocycles. The van der Waals surface area contributed by atoms with Crippen molar-refractivity contribution in [3.8, 4) is 0 Å². The third-order valence-electron chi connectivity index (χ3n) is 3.05. The molecule has 0 aliphatic rings. The Hall–Kier alpha value is -2.54. The van der Waals surface area contributed by atoms with Crippen molar-refractivity contribution in [2.75, 3.05) is 5.32 Å². The molecule has 126 valence electrons. The molecule has 2 aromatic rings. The smallest absolute Gasteiger partial charge is 0.348 e. The Labute approximate surface area is 140 Å². The molecule has 0 fully saturated rings. The van der Waals surface area contributed by atoms with Gasteiger partial charge in [0.25, 0.3) is 5.91 Å². The minimum Gasteiger partial charge on any atom is -0.348 e. The molecule has 2 amide bonds. The number of carbonyl (C=O) groups is 2. The van der Waals surface area contributed by atoms with Gasteiger partial charge < -0.3 is 10.6 Å². The molecule has 2 N–H and O–H groups in total. The maximum Gasteiger partial charge on any atom is 0.471 e. The van der Waals surface area contributed by atoms with E-state index in [1.165, 1.54) is 24.3 Å². The van der Waals surface area contributed by atoms with Crippen LogP contribution in [0.1, 0.15) is 15.9 Å². The molecule has 0 radical (unpaired) electrons. The minimum absolute atomic E-state index is 0.0220. The van der Waals surface area contributed by atoms with E-state index in [1.54, 1.807) is 29.6 Å². The number of hydrogen-bond donors (Lipinski definition) is 2. The van der Waals surface area contributed by atoms with E-state index < -0.39 is 18.0 Å². The summed E-state index contributed by atoms with van der Waals surface area (Å²) in [6, 6.07) is 12.1. The molecule has 4 nitrogen and oxygen atoms in total. The highest BCUT2D eigenvalue weighted by molar-refractivity contribution is 6.30. The average molecular weight is 357 g/mol. The van der Waals surface area contributed by atoms with Crippen LogP contribution in [0.25, 0.3) is 0 Å². The number of rotatable bonds is 4. The molecular formula is C16H12ClF3N2O2. The summed E-state index contributed by atoms with van der Waals surface area (Å²) in [5.74, 6) is -2.51. The average Bonchev–Trinajstić information content (AvgIpc) is 2.52. The Bertz CT molecular complexity index is 763. The summed E-state index contributed by atoms with van der Waals surface area (Å²) < 4.78 is 37.0. The second kappa shape index (κ2) is 7.35. The number of hydrogen-bond acceptors (Lipinski definition) is 2. The highest BCUT2D eigenvalue weighted by atomic mass is 35.5. The zero-order chi connectivity index (χ0) is 17.7. The maximum atomic E-state index is 12.3. The summed E-state index contributed by atoms with van der Waals surface area (Å²) >= 11 is 5.80. The Balaban J connectivity index is 2.08. The molecule has 0 heterocycles. The number of para-hydroxylation sites is 1. The molecule has 0 aliphatic heterocycles. The third-order valence-corrected chi connectivity index (χ3v) is 3.28. The summed E-state index contributed by atoms with van der Waals surface area (Å²) in [7, 11) is 0. The second-order valence-corrected chi connectivity index (χ2v) is 5.24. The van der Waals surface area contributed by atoms with Crippen molar-refractivity contribution in [2.45, 2.75) is 12.7 Å². The lowest BCUT2D eigenvalue weighted by molar-refractivity contribution is -0.167. The molecule has 2 rings (SSSR count). The maximum absolute atomic E-state index is 12.3. The number of anilines is 1. The van der Waals surface area contributed by atoms with Gasteiger partial charge in [0.05, 0.1) is 0 Å². The monoisotopic (exact) mass is 356 g/mol. The van der Waals surface area contributed by atoms with Gasteiger partial charge in [-0.05, 0) is 29.8 Å². The SMILES string of the molecule is O=C(NCc1ccccc1NC(=O)C(F)(F)F)c1cccc(Cl)c1. The predicted octanol–water partition coefficient (Wildman–Crippen LogP) is 3.77. The standard InChI is InChI=1S/C16H12ClF3N2O2/c17-12-6-3-5-10(8-12)14(23)21-9-11-4-1-2-7-13(11)22-15(24)16(18,19)20/h1-8H,9H2,(H,21,23)(H,22,24). The van der Waals surface area contributed by atoms with E-state index in [1.807, 2.05) is 0 Å². The lowest BCUT2D eigenvalue weighted by atomic mass is 10.1. The van der Waals surface area contributed by atoms with Gasteiger partial charge in [0.15, 0.2) is 0 Å². The first-order chi connectivity index (χ1) is 11.3. The van der Waals surface area contributed by atoms with Gasteiger partial charge in [-0.25, -0.2) is 0 Å². The van der Waals surface area contributed by atoms with Crippen molar-refractivity contribution in [2.24, 2.45) is 0 Å². The van der Waals surface area contributed by atoms with Gasteiger partial charge in [-0.2, -0.15) is 13.2 Å². The van der Waals surface area contributed by atoms with E-state index >= 15 is 0 Å². The van der Waals surface area contributed by atoms with Crippen LogP contribution in [0.4, 0.5) is 18.9 Å². The summed E-state index contributed by atoms with van der Waals surface area (Å²) in [6.45, 7) is -0.0559. The fraction of sp³-hybridized carbons (Fsp3) is 0.125. The summed E-state index contributed by atoms with van der Waals surface area (Å²) in [5, 5.41) is 4.74. The molecule has 24 heavy (non-hydrogen) atoms. The van der Waals surface area contributed by atoms with Gasteiger partial charge >= 0.3 is 12.1 Å². The first-order valence-corrected chi connectivity index (χ1v) is 7.15. The van der Waals surface area contributed by atoms with Crippen LogP contribution in [-0.2, 0) is 11.3 Å². The van der Waals surface area contributed by atoms with Crippen LogP contribution in [0.2, 0.25) is 5.02 Å². The first-order valence-electron chi connectivity index (χ1n) is 6.77. The molecular weight excluding hydrogens is 345 g/mol. The van der Waals surface area contributed by atoms with Crippen LogP contribution in [0.15, 0.2) is 48.5 Å². The number of halogens is 4. The predicted molar refractivity (Wildman–Crippen MR) is 83.7 cm³/mol. The van der Waals surface area contributed by atoms with Gasteiger partial charge in [0.1, 0.15) is 0 Å². The molecule has 8 heteroatoms. The van der Waals surface area contributed by atoms with Crippen molar-refractivity contribution in [3.05, 3.63) is 64.7 Å². The summed E-state index contributed by atoms with van der Waals surface area (Å²) in [4.78, 5) is 23.1. The van der Waals surface area contributed by atoms with Gasteiger partial charge in [0, 0.05) is 22.8 Å². The highest BCUT2D eigenvalue weighted by Crippen LogP contribution is 2.21. The molecule has 2 aromatic carbocycles. The van der Waals surface area contributed by atoms with E-state index in [0.29, 0.717) is 16.1 Å². The van der Waals surface area contributed by atoms with Crippen molar-refractivity contribution in [1.82, 2.24) is 5.32 Å². The highest BCUT2D eigenvalue weighted by Gasteiger charge is 2.38. The Morgan fingerprint density at radius 3 is 2.42 bits per heavy atom. The van der Waals surface area contributed by atoms with Gasteiger partial charge in [-0.1, -0.05) is 35.9 Å². The van der Waals surface area contributed by atoms with Crippen molar-refractivity contribution in [3.63, 3.8) is 0 Å². The Morgan fingerprint density at radius 2 is 1.75 bits per heavy atom. The second-order valence-electron chi connectivity index (χ2n) is 4.80. The van der Waals surface area contributed by atoms with E-state index in [0.717, 1.165) is 0 Å². The molecule has 0 aliphatic carbocycles. The normalized spacial score (nSPS) is 11.0. The van der Waals surface area contributed by atoms with Crippen LogP contribution in [0, 0.1) is 0 Å². The summed E-state index contributed by atoms with van der Waals surface area (Å²) in [5.41, 5.74) is 0.635. The largest absolute Gasteiger partial charge is 0.471 e. The molecule has 0 bridgehead atoms. The number of carbonyl (C=O) groups excluding carboxylic acids is 2. The number of benzene rings is 2. The van der Waals surface area contributed by atoms with E-state index in [2.05, 4.69) is 5.32 Å². The van der Waals surface area contributed by atoms with E-state index in [4.69, 9.17) is 11.6 Å².